The fourth-order valence-electron chi connectivity index (χ4n) is 7.24. The van der Waals surface area contributed by atoms with Crippen molar-refractivity contribution >= 4 is 11.9 Å². The molecular formula is C39H49NO5. The van der Waals surface area contributed by atoms with E-state index >= 15 is 0 Å². The highest BCUT2D eigenvalue weighted by molar-refractivity contribution is 5.88. The Bertz CT molecular complexity index is 1390. The molecule has 0 heterocycles. The van der Waals surface area contributed by atoms with Crippen molar-refractivity contribution in [2.45, 2.75) is 103 Å². The summed E-state index contributed by atoms with van der Waals surface area (Å²) in [7, 11) is 0. The summed E-state index contributed by atoms with van der Waals surface area (Å²) >= 11 is 0. The predicted molar refractivity (Wildman–Crippen MR) is 178 cm³/mol. The standard InChI is InChI=1S/C39H49NO5/c41-38(42)15-6-7-25-40(36-13-8-12-33-27-34(39(43)44)22-23-35(33)36)26-24-32-11-4-5-14-37(32)45-28-31-20-18-30(19-21-31)17-16-29-9-2-1-3-10-29/h4-5,11,14,18-23,27,29,36H,1-3,6-10,12-13,15-17,24-26,28H2,(H,41,42)(H,43,44). The number of hydrogen-bond donors (Lipinski definition) is 2. The molecule has 3 aromatic rings. The van der Waals surface area contributed by atoms with Crippen LogP contribution in [0.2, 0.25) is 0 Å². The number of carboxylic acid groups (broad SMARTS) is 2. The predicted octanol–water partition coefficient (Wildman–Crippen LogP) is 8.65. The average Bonchev–Trinajstić information content (AvgIpc) is 3.07. The molecule has 6 heteroatoms. The van der Waals surface area contributed by atoms with Gasteiger partial charge in [0.1, 0.15) is 12.4 Å². The van der Waals surface area contributed by atoms with Crippen LogP contribution in [0.3, 0.4) is 0 Å². The Kier molecular flexibility index (Phi) is 12.1. The molecule has 240 valence electrons. The molecule has 0 spiro atoms. The van der Waals surface area contributed by atoms with E-state index in [2.05, 4.69) is 47.4 Å². The van der Waals surface area contributed by atoms with Crippen LogP contribution in [0.5, 0.6) is 5.75 Å². The lowest BCUT2D eigenvalue weighted by Gasteiger charge is -2.36. The third-order valence-electron chi connectivity index (χ3n) is 9.82. The first-order valence-electron chi connectivity index (χ1n) is 17.1. The van der Waals surface area contributed by atoms with Gasteiger partial charge in [0, 0.05) is 19.0 Å². The average molecular weight is 612 g/mol. The minimum Gasteiger partial charge on any atom is -0.489 e. The molecule has 2 aliphatic rings. The number of nitrogens with zero attached hydrogens (tertiary/aromatic N) is 1. The van der Waals surface area contributed by atoms with E-state index in [9.17, 15) is 14.7 Å². The van der Waals surface area contributed by atoms with Crippen molar-refractivity contribution in [3.63, 3.8) is 0 Å². The second-order valence-corrected chi connectivity index (χ2v) is 13.0. The second-order valence-electron chi connectivity index (χ2n) is 13.0. The van der Waals surface area contributed by atoms with Crippen molar-refractivity contribution in [1.29, 1.82) is 0 Å². The molecule has 2 aliphatic carbocycles. The molecule has 0 radical (unpaired) electrons. The van der Waals surface area contributed by atoms with Gasteiger partial charge in [-0.2, -0.15) is 0 Å². The lowest BCUT2D eigenvalue weighted by molar-refractivity contribution is -0.137. The third-order valence-corrected chi connectivity index (χ3v) is 9.82. The maximum atomic E-state index is 11.6. The van der Waals surface area contributed by atoms with E-state index in [0.29, 0.717) is 18.6 Å². The molecule has 1 unspecified atom stereocenters. The van der Waals surface area contributed by atoms with E-state index in [0.717, 1.165) is 74.4 Å². The van der Waals surface area contributed by atoms with Crippen LogP contribution in [0.1, 0.15) is 115 Å². The molecule has 0 aliphatic heterocycles. The zero-order chi connectivity index (χ0) is 31.4. The summed E-state index contributed by atoms with van der Waals surface area (Å²) in [6, 6.07) is 22.9. The molecule has 6 nitrogen and oxygen atoms in total. The number of aryl methyl sites for hydroxylation is 2. The van der Waals surface area contributed by atoms with Crippen LogP contribution in [0.15, 0.2) is 66.7 Å². The normalized spacial score (nSPS) is 16.8. The molecular weight excluding hydrogens is 562 g/mol. The number of carboxylic acids is 2. The van der Waals surface area contributed by atoms with Gasteiger partial charge in [0.05, 0.1) is 5.56 Å². The lowest BCUT2D eigenvalue weighted by Crippen LogP contribution is -2.34. The first-order chi connectivity index (χ1) is 22.0. The zero-order valence-corrected chi connectivity index (χ0v) is 26.6. The number of carbonyl (C=O) groups is 2. The molecule has 1 atom stereocenters. The van der Waals surface area contributed by atoms with Gasteiger partial charge in [-0.15, -0.1) is 0 Å². The van der Waals surface area contributed by atoms with Gasteiger partial charge in [0.2, 0.25) is 0 Å². The van der Waals surface area contributed by atoms with Gasteiger partial charge in [-0.3, -0.25) is 9.69 Å². The summed E-state index contributed by atoms with van der Waals surface area (Å²) in [6.07, 6.45) is 14.8. The Morgan fingerprint density at radius 2 is 1.58 bits per heavy atom. The molecule has 45 heavy (non-hydrogen) atoms. The van der Waals surface area contributed by atoms with Gasteiger partial charge in [-0.25, -0.2) is 4.79 Å². The Balaban J connectivity index is 1.21. The van der Waals surface area contributed by atoms with Crippen molar-refractivity contribution in [3.05, 3.63) is 100 Å². The first-order valence-corrected chi connectivity index (χ1v) is 17.1. The largest absolute Gasteiger partial charge is 0.489 e. The van der Waals surface area contributed by atoms with Gasteiger partial charge < -0.3 is 14.9 Å². The number of benzene rings is 3. The quantitative estimate of drug-likeness (QED) is 0.158. The Morgan fingerprint density at radius 3 is 2.36 bits per heavy atom. The molecule has 0 aromatic heterocycles. The zero-order valence-electron chi connectivity index (χ0n) is 26.6. The third kappa shape index (κ3) is 9.67. The van der Waals surface area contributed by atoms with Gasteiger partial charge in [0.25, 0.3) is 0 Å². The highest BCUT2D eigenvalue weighted by Gasteiger charge is 2.27. The number of aliphatic carboxylic acids is 1. The summed E-state index contributed by atoms with van der Waals surface area (Å²) < 4.78 is 6.37. The Morgan fingerprint density at radius 1 is 0.800 bits per heavy atom. The molecule has 1 fully saturated rings. The van der Waals surface area contributed by atoms with E-state index in [4.69, 9.17) is 9.84 Å². The van der Waals surface area contributed by atoms with E-state index < -0.39 is 11.9 Å². The fraction of sp³-hybridized carbons (Fsp3) is 0.487. The minimum atomic E-state index is -0.896. The van der Waals surface area contributed by atoms with E-state index in [1.54, 1.807) is 6.07 Å². The summed E-state index contributed by atoms with van der Waals surface area (Å²) in [5.41, 5.74) is 6.40. The van der Waals surface area contributed by atoms with Crippen LogP contribution in [0.25, 0.3) is 0 Å². The highest BCUT2D eigenvalue weighted by Crippen LogP contribution is 2.36. The van der Waals surface area contributed by atoms with Crippen molar-refractivity contribution in [1.82, 2.24) is 4.90 Å². The number of para-hydroxylation sites is 1. The summed E-state index contributed by atoms with van der Waals surface area (Å²) in [5.74, 6) is 0.148. The maximum absolute atomic E-state index is 11.6. The van der Waals surface area contributed by atoms with Crippen LogP contribution in [0.4, 0.5) is 0 Å². The maximum Gasteiger partial charge on any atom is 0.335 e. The van der Waals surface area contributed by atoms with Gasteiger partial charge in [-0.05, 0) is 110 Å². The fourth-order valence-corrected chi connectivity index (χ4v) is 7.24. The topological polar surface area (TPSA) is 87.1 Å². The van der Waals surface area contributed by atoms with Crippen LogP contribution < -0.4 is 4.74 Å². The number of ether oxygens (including phenoxy) is 1. The summed E-state index contributed by atoms with van der Waals surface area (Å²) in [5, 5.41) is 18.7. The van der Waals surface area contributed by atoms with Crippen LogP contribution in [-0.2, 0) is 30.7 Å². The van der Waals surface area contributed by atoms with Crippen LogP contribution in [-0.4, -0.2) is 40.1 Å². The number of unbranched alkanes of at least 4 members (excludes halogenated alkanes) is 1. The molecule has 3 aromatic carbocycles. The lowest BCUT2D eigenvalue weighted by atomic mass is 9.85. The number of hydrogen-bond acceptors (Lipinski definition) is 4. The minimum absolute atomic E-state index is 0.176. The number of aromatic carboxylic acids is 1. The summed E-state index contributed by atoms with van der Waals surface area (Å²) in [4.78, 5) is 25.2. The van der Waals surface area contributed by atoms with Gasteiger partial charge in [-0.1, -0.05) is 80.6 Å². The monoisotopic (exact) mass is 611 g/mol. The molecule has 0 amide bonds. The van der Waals surface area contributed by atoms with Crippen LogP contribution >= 0.6 is 0 Å². The van der Waals surface area contributed by atoms with Crippen molar-refractivity contribution in [2.75, 3.05) is 13.1 Å². The molecule has 0 bridgehead atoms. The number of fused-ring (bicyclic) bond motifs is 1. The van der Waals surface area contributed by atoms with Crippen molar-refractivity contribution in [2.24, 2.45) is 5.92 Å². The van der Waals surface area contributed by atoms with Gasteiger partial charge in [0.15, 0.2) is 0 Å². The van der Waals surface area contributed by atoms with Crippen molar-refractivity contribution in [3.8, 4) is 5.75 Å². The van der Waals surface area contributed by atoms with E-state index in [-0.39, 0.29) is 12.5 Å². The first kappa shape index (κ1) is 32.7. The Hall–Kier alpha value is -3.64. The molecule has 1 saturated carbocycles. The van der Waals surface area contributed by atoms with Crippen LogP contribution in [0, 0.1) is 5.92 Å². The highest BCUT2D eigenvalue weighted by atomic mass is 16.5. The Labute approximate surface area is 268 Å². The SMILES string of the molecule is O=C(O)CCCCN(CCc1ccccc1OCc1ccc(CCC2CCCCC2)cc1)C1CCCc2cc(C(=O)O)ccc21. The van der Waals surface area contributed by atoms with Crippen molar-refractivity contribution < 1.29 is 24.5 Å². The second kappa shape index (κ2) is 16.6. The number of rotatable bonds is 16. The summed E-state index contributed by atoms with van der Waals surface area (Å²) in [6.45, 7) is 2.14. The molecule has 2 N–H and O–H groups in total. The van der Waals surface area contributed by atoms with E-state index in [1.807, 2.05) is 18.2 Å². The van der Waals surface area contributed by atoms with E-state index in [1.165, 1.54) is 55.2 Å². The molecule has 0 saturated heterocycles. The smallest absolute Gasteiger partial charge is 0.335 e. The van der Waals surface area contributed by atoms with Gasteiger partial charge >= 0.3 is 11.9 Å². The molecule has 5 rings (SSSR count).